The van der Waals surface area contributed by atoms with Gasteiger partial charge in [0.15, 0.2) is 0 Å². The van der Waals surface area contributed by atoms with Crippen molar-refractivity contribution in [1.29, 1.82) is 0 Å². The summed E-state index contributed by atoms with van der Waals surface area (Å²) in [6.07, 6.45) is 0.518. The highest BCUT2D eigenvalue weighted by molar-refractivity contribution is 6.30. The van der Waals surface area contributed by atoms with Crippen molar-refractivity contribution in [3.63, 3.8) is 0 Å². The molecule has 3 aromatic rings. The Morgan fingerprint density at radius 1 is 1.07 bits per heavy atom. The lowest BCUT2D eigenvalue weighted by molar-refractivity contribution is -0.0191. The van der Waals surface area contributed by atoms with Gasteiger partial charge in [0, 0.05) is 22.6 Å². The van der Waals surface area contributed by atoms with Crippen LogP contribution in [-0.4, -0.2) is 17.3 Å². The molecule has 146 valence electrons. The third-order valence-corrected chi connectivity index (χ3v) is 5.59. The fourth-order valence-corrected chi connectivity index (χ4v) is 4.10. The number of benzene rings is 3. The van der Waals surface area contributed by atoms with E-state index in [0.29, 0.717) is 11.6 Å². The quantitative estimate of drug-likeness (QED) is 0.536. The zero-order valence-corrected chi connectivity index (χ0v) is 16.8. The Hall–Kier alpha value is -2.98. The topological polar surface area (TPSA) is 34.1 Å². The molecule has 0 spiro atoms. The molecule has 29 heavy (non-hydrogen) atoms. The van der Waals surface area contributed by atoms with Gasteiger partial charge >= 0.3 is 0 Å². The molecule has 2 atom stereocenters. The molecule has 0 radical (unpaired) electrons. The summed E-state index contributed by atoms with van der Waals surface area (Å²) in [5, 5.41) is 7.77. The van der Waals surface area contributed by atoms with Gasteiger partial charge in [0.25, 0.3) is 0 Å². The number of rotatable bonds is 4. The largest absolute Gasteiger partial charge is 0.494 e. The van der Waals surface area contributed by atoms with Crippen LogP contribution >= 0.6 is 11.6 Å². The van der Waals surface area contributed by atoms with Gasteiger partial charge in [-0.05, 0) is 42.8 Å². The van der Waals surface area contributed by atoms with Gasteiger partial charge in [0.05, 0.1) is 18.4 Å². The summed E-state index contributed by atoms with van der Waals surface area (Å²) < 4.78 is 12.1. The minimum Gasteiger partial charge on any atom is -0.494 e. The monoisotopic (exact) mass is 404 g/mol. The second-order valence-electron chi connectivity index (χ2n) is 7.17. The fourth-order valence-electron chi connectivity index (χ4n) is 3.97. The predicted octanol–water partition coefficient (Wildman–Crippen LogP) is 5.98. The molecule has 3 aromatic carbocycles. The second-order valence-corrected chi connectivity index (χ2v) is 7.60. The molecule has 0 aliphatic carbocycles. The van der Waals surface area contributed by atoms with Crippen molar-refractivity contribution in [3.8, 4) is 11.5 Å². The van der Waals surface area contributed by atoms with Crippen molar-refractivity contribution in [3.05, 3.63) is 94.5 Å². The van der Waals surface area contributed by atoms with Crippen LogP contribution in [0.25, 0.3) is 0 Å². The first-order chi connectivity index (χ1) is 14.2. The Labute approximate surface area is 175 Å². The van der Waals surface area contributed by atoms with Crippen LogP contribution < -0.4 is 9.47 Å². The zero-order valence-electron chi connectivity index (χ0n) is 16.1. The van der Waals surface area contributed by atoms with Crippen molar-refractivity contribution in [1.82, 2.24) is 5.01 Å². The van der Waals surface area contributed by atoms with Gasteiger partial charge in [-0.25, -0.2) is 5.01 Å². The zero-order chi connectivity index (χ0) is 19.8. The highest BCUT2D eigenvalue weighted by Crippen LogP contribution is 2.48. The van der Waals surface area contributed by atoms with E-state index in [0.717, 1.165) is 40.3 Å². The average molecular weight is 405 g/mol. The summed E-state index contributed by atoms with van der Waals surface area (Å²) in [5.74, 6) is 1.73. The molecule has 2 aliphatic rings. The SMILES string of the molecule is CCOc1ccc2c(c1)[C@@H]1CC(c3ccccc3)=NN1[C@H](c1ccc(Cl)cc1)O2. The normalized spacial score (nSPS) is 19.8. The van der Waals surface area contributed by atoms with Gasteiger partial charge in [-0.15, -0.1) is 0 Å². The van der Waals surface area contributed by atoms with E-state index in [9.17, 15) is 0 Å². The second kappa shape index (κ2) is 7.45. The standard InChI is InChI=1S/C24H21ClN2O2/c1-2-28-19-12-13-23-20(14-19)22-15-21(16-6-4-3-5-7-16)26-27(22)24(29-23)17-8-10-18(25)11-9-17/h3-14,22,24H,2,15H2,1H3/t22-,24-/m0/s1. The van der Waals surface area contributed by atoms with Gasteiger partial charge in [-0.2, -0.15) is 5.10 Å². The van der Waals surface area contributed by atoms with Crippen LogP contribution in [0.5, 0.6) is 11.5 Å². The van der Waals surface area contributed by atoms with E-state index in [1.54, 1.807) is 0 Å². The number of nitrogens with zero attached hydrogens (tertiary/aromatic N) is 2. The van der Waals surface area contributed by atoms with Crippen LogP contribution in [0.4, 0.5) is 0 Å². The van der Waals surface area contributed by atoms with Crippen LogP contribution in [0.2, 0.25) is 5.02 Å². The molecule has 0 bridgehead atoms. The van der Waals surface area contributed by atoms with Crippen molar-refractivity contribution in [2.45, 2.75) is 25.6 Å². The lowest BCUT2D eigenvalue weighted by Gasteiger charge is -2.38. The Morgan fingerprint density at radius 3 is 2.62 bits per heavy atom. The molecular formula is C24H21ClN2O2. The molecule has 0 N–H and O–H groups in total. The first-order valence-electron chi connectivity index (χ1n) is 9.83. The smallest absolute Gasteiger partial charge is 0.213 e. The molecular weight excluding hydrogens is 384 g/mol. The lowest BCUT2D eigenvalue weighted by atomic mass is 9.95. The van der Waals surface area contributed by atoms with Gasteiger partial charge < -0.3 is 9.47 Å². The summed E-state index contributed by atoms with van der Waals surface area (Å²) in [5.41, 5.74) is 4.33. The number of hydrazone groups is 1. The number of ether oxygens (including phenoxy) is 2. The lowest BCUT2D eigenvalue weighted by Crippen LogP contribution is -2.33. The van der Waals surface area contributed by atoms with E-state index in [-0.39, 0.29) is 12.3 Å². The summed E-state index contributed by atoms with van der Waals surface area (Å²) in [6.45, 7) is 2.62. The van der Waals surface area contributed by atoms with Crippen molar-refractivity contribution in [2.75, 3.05) is 6.61 Å². The van der Waals surface area contributed by atoms with Gasteiger partial charge in [-0.3, -0.25) is 0 Å². The first kappa shape index (κ1) is 18.1. The number of fused-ring (bicyclic) bond motifs is 3. The van der Waals surface area contributed by atoms with Gasteiger partial charge in [-0.1, -0.05) is 54.1 Å². The maximum absolute atomic E-state index is 6.41. The Balaban J connectivity index is 1.58. The molecule has 0 saturated carbocycles. The Bertz CT molecular complexity index is 1050. The summed E-state index contributed by atoms with van der Waals surface area (Å²) in [6, 6.07) is 24.2. The van der Waals surface area contributed by atoms with Crippen molar-refractivity contribution < 1.29 is 9.47 Å². The van der Waals surface area contributed by atoms with E-state index in [1.807, 2.05) is 61.5 Å². The van der Waals surface area contributed by atoms with Crippen LogP contribution in [0.3, 0.4) is 0 Å². The minimum absolute atomic E-state index is 0.0926. The van der Waals surface area contributed by atoms with Gasteiger partial charge in [0.2, 0.25) is 6.23 Å². The molecule has 0 fully saturated rings. The van der Waals surface area contributed by atoms with E-state index >= 15 is 0 Å². The Kier molecular flexibility index (Phi) is 4.64. The molecule has 5 rings (SSSR count). The van der Waals surface area contributed by atoms with E-state index < -0.39 is 0 Å². The molecule has 2 aliphatic heterocycles. The Morgan fingerprint density at radius 2 is 1.86 bits per heavy atom. The maximum Gasteiger partial charge on any atom is 0.213 e. The molecule has 0 saturated heterocycles. The number of hydrogen-bond acceptors (Lipinski definition) is 4. The van der Waals surface area contributed by atoms with Crippen LogP contribution in [-0.2, 0) is 0 Å². The number of halogens is 1. The van der Waals surface area contributed by atoms with E-state index in [2.05, 4.69) is 23.2 Å². The highest BCUT2D eigenvalue weighted by atomic mass is 35.5. The molecule has 5 heteroatoms. The van der Waals surface area contributed by atoms with Gasteiger partial charge in [0.1, 0.15) is 11.5 Å². The first-order valence-corrected chi connectivity index (χ1v) is 10.2. The molecule has 0 unspecified atom stereocenters. The maximum atomic E-state index is 6.41. The molecule has 2 heterocycles. The fraction of sp³-hybridized carbons (Fsp3) is 0.208. The summed E-state index contributed by atoms with van der Waals surface area (Å²) in [4.78, 5) is 0. The van der Waals surface area contributed by atoms with Crippen LogP contribution in [0.15, 0.2) is 77.9 Å². The predicted molar refractivity (Wildman–Crippen MR) is 115 cm³/mol. The minimum atomic E-state index is -0.302. The number of hydrogen-bond donors (Lipinski definition) is 0. The van der Waals surface area contributed by atoms with Crippen molar-refractivity contribution >= 4 is 17.3 Å². The van der Waals surface area contributed by atoms with Crippen LogP contribution in [0.1, 0.15) is 42.3 Å². The third-order valence-electron chi connectivity index (χ3n) is 5.33. The van der Waals surface area contributed by atoms with Crippen LogP contribution in [0, 0.1) is 0 Å². The highest BCUT2D eigenvalue weighted by Gasteiger charge is 2.41. The molecule has 4 nitrogen and oxygen atoms in total. The summed E-state index contributed by atoms with van der Waals surface area (Å²) >= 11 is 6.10. The van der Waals surface area contributed by atoms with E-state index in [4.69, 9.17) is 26.2 Å². The molecule has 0 aromatic heterocycles. The third kappa shape index (κ3) is 3.34. The summed E-state index contributed by atoms with van der Waals surface area (Å²) in [7, 11) is 0. The van der Waals surface area contributed by atoms with Crippen molar-refractivity contribution in [2.24, 2.45) is 5.10 Å². The van der Waals surface area contributed by atoms with E-state index in [1.165, 1.54) is 0 Å². The average Bonchev–Trinajstić information content (AvgIpc) is 3.21. The molecule has 0 amide bonds.